The summed E-state index contributed by atoms with van der Waals surface area (Å²) in [7, 11) is 4.49. The molecule has 3 radical (unpaired) electrons. The maximum absolute atomic E-state index is 10.9. The first-order chi connectivity index (χ1) is 8.27. The molecule has 1 nitrogen and oxygen atoms in total. The highest BCUT2D eigenvalue weighted by Gasteiger charge is 2.23. The quantitative estimate of drug-likeness (QED) is 0.452. The summed E-state index contributed by atoms with van der Waals surface area (Å²) in [6.07, 6.45) is 1.31. The topological polar surface area (TPSA) is 17.1 Å². The molecule has 0 aliphatic rings. The molecular weight excluding hydrogens is 226 g/mol. The number of carbonyl (C=O) groups excluding carboxylic acids is 1. The Morgan fingerprint density at radius 2 is 1.29 bits per heavy atom. The van der Waals surface area contributed by atoms with Crippen LogP contribution in [0.3, 0.4) is 0 Å². The van der Waals surface area contributed by atoms with Crippen molar-refractivity contribution in [1.29, 1.82) is 0 Å². The molecule has 0 spiro atoms. The van der Waals surface area contributed by atoms with E-state index in [4.69, 9.17) is 7.57 Å². The fraction of sp³-hybridized carbons (Fsp3) is 0.0714. The first-order valence-electron chi connectivity index (χ1n) is 5.49. The molecule has 83 valence electrons. The molecule has 2 aromatic carbocycles. The second-order valence-corrected chi connectivity index (χ2v) is 7.02. The van der Waals surface area contributed by atoms with Gasteiger partial charge in [0.2, 0.25) is 0 Å². The van der Waals surface area contributed by atoms with E-state index < -0.39 is 7.14 Å². The van der Waals surface area contributed by atoms with Crippen LogP contribution in [0, 0.1) is 0 Å². The largest absolute Gasteiger partial charge is 0.299 e. The van der Waals surface area contributed by atoms with Gasteiger partial charge in [0, 0.05) is 10.6 Å². The Kier molecular flexibility index (Phi) is 3.76. The summed E-state index contributed by atoms with van der Waals surface area (Å²) in [5.74, 6) is 0. The van der Waals surface area contributed by atoms with E-state index >= 15 is 0 Å². The zero-order chi connectivity index (χ0) is 12.1. The summed E-state index contributed by atoms with van der Waals surface area (Å²) in [5.41, 5.74) is 0. The molecule has 2 aromatic rings. The summed E-state index contributed by atoms with van der Waals surface area (Å²) in [6, 6.07) is 19.8. The monoisotopic (exact) mass is 239 g/mol. The molecule has 3 heteroatoms. The molecule has 0 N–H and O–H groups in total. The summed E-state index contributed by atoms with van der Waals surface area (Å²) < 4.78 is 0. The summed E-state index contributed by atoms with van der Waals surface area (Å²) >= 11 is 0. The van der Waals surface area contributed by atoms with Gasteiger partial charge in [0.1, 0.15) is 0 Å². The minimum absolute atomic E-state index is 0.390. The van der Waals surface area contributed by atoms with E-state index in [1.807, 2.05) is 60.7 Å². The van der Waals surface area contributed by atoms with Crippen LogP contribution in [0.25, 0.3) is 0 Å². The fourth-order valence-electron chi connectivity index (χ4n) is 1.87. The van der Waals surface area contributed by atoms with Crippen LogP contribution in [-0.2, 0) is 4.79 Å². The van der Waals surface area contributed by atoms with Gasteiger partial charge in [-0.1, -0.05) is 36.4 Å². The Morgan fingerprint density at radius 3 is 1.65 bits per heavy atom. The molecular formula is C14H13BOP. The normalized spacial score (nSPS) is 11.1. The minimum atomic E-state index is -2.04. The lowest BCUT2D eigenvalue weighted by Crippen LogP contribution is -2.25. The van der Waals surface area contributed by atoms with Gasteiger partial charge >= 0.3 is 0 Å². The smallest absolute Gasteiger partial charge is 0.153 e. The highest BCUT2D eigenvalue weighted by molar-refractivity contribution is 8.08. The van der Waals surface area contributed by atoms with Crippen molar-refractivity contribution in [1.82, 2.24) is 0 Å². The average Bonchev–Trinajstić information content (AvgIpc) is 2.41. The number of carbonyl (C=O) groups is 1. The molecule has 0 aliphatic heterocycles. The van der Waals surface area contributed by atoms with E-state index in [1.165, 1.54) is 0 Å². The van der Waals surface area contributed by atoms with Gasteiger partial charge in [-0.3, -0.25) is 12.4 Å². The van der Waals surface area contributed by atoms with Gasteiger partial charge in [0.15, 0.2) is 6.29 Å². The summed E-state index contributed by atoms with van der Waals surface area (Å²) in [5, 5.41) is 2.14. The van der Waals surface area contributed by atoms with E-state index in [2.05, 4.69) is 0 Å². The third-order valence-electron chi connectivity index (χ3n) is 2.80. The molecule has 0 heterocycles. The van der Waals surface area contributed by atoms with Crippen LogP contribution >= 0.6 is 7.14 Å². The zero-order valence-corrected chi connectivity index (χ0v) is 10.4. The van der Waals surface area contributed by atoms with Crippen LogP contribution in [0.2, 0.25) is 0 Å². The lowest BCUT2D eigenvalue weighted by molar-refractivity contribution is -0.105. The van der Waals surface area contributed by atoms with Crippen LogP contribution < -0.4 is 10.6 Å². The molecule has 0 unspecified atom stereocenters. The molecule has 0 bridgehead atoms. The van der Waals surface area contributed by atoms with Crippen molar-refractivity contribution in [2.24, 2.45) is 0 Å². The van der Waals surface area contributed by atoms with Gasteiger partial charge in [0.25, 0.3) is 0 Å². The Labute approximate surface area is 104 Å². The predicted octanol–water partition coefficient (Wildman–Crippen LogP) is 1.94. The van der Waals surface area contributed by atoms with Crippen LogP contribution in [0.15, 0.2) is 60.7 Å². The first kappa shape index (κ1) is 12.1. The third kappa shape index (κ3) is 2.48. The van der Waals surface area contributed by atoms with Crippen molar-refractivity contribution in [3.05, 3.63) is 60.7 Å². The Hall–Kier alpha value is -1.40. The highest BCUT2D eigenvalue weighted by atomic mass is 31.2. The number of benzene rings is 2. The molecule has 0 aliphatic carbocycles. The van der Waals surface area contributed by atoms with Gasteiger partial charge in [-0.05, 0) is 24.3 Å². The van der Waals surface area contributed by atoms with Crippen LogP contribution in [0.1, 0.15) is 0 Å². The molecule has 0 amide bonds. The van der Waals surface area contributed by atoms with Gasteiger partial charge in [0.05, 0.1) is 6.16 Å². The molecule has 0 saturated carbocycles. The highest BCUT2D eigenvalue weighted by Crippen LogP contribution is 2.50. The lowest BCUT2D eigenvalue weighted by atomic mass is 10.4. The van der Waals surface area contributed by atoms with Crippen LogP contribution in [-0.4, -0.2) is 20.0 Å². The van der Waals surface area contributed by atoms with E-state index in [-0.39, 0.29) is 0 Å². The van der Waals surface area contributed by atoms with Crippen LogP contribution in [0.5, 0.6) is 0 Å². The Bertz CT molecular complexity index is 445. The second kappa shape index (κ2) is 5.29. The Morgan fingerprint density at radius 1 is 0.882 bits per heavy atom. The number of rotatable bonds is 4. The molecule has 0 aromatic heterocycles. The number of hydrogen-bond acceptors (Lipinski definition) is 1. The van der Waals surface area contributed by atoms with Crippen molar-refractivity contribution in [3.8, 4) is 0 Å². The predicted molar refractivity (Wildman–Crippen MR) is 75.8 cm³/mol. The van der Waals surface area contributed by atoms with Crippen molar-refractivity contribution in [3.63, 3.8) is 0 Å². The zero-order valence-electron chi connectivity index (χ0n) is 9.49. The maximum Gasteiger partial charge on any atom is 0.153 e. The lowest BCUT2D eigenvalue weighted by Gasteiger charge is -2.34. The van der Waals surface area contributed by atoms with Crippen molar-refractivity contribution in [2.45, 2.75) is 0 Å². The summed E-state index contributed by atoms with van der Waals surface area (Å²) in [4.78, 5) is 10.9. The second-order valence-electron chi connectivity index (χ2n) is 3.89. The van der Waals surface area contributed by atoms with Gasteiger partial charge in [-0.2, -0.15) is 7.14 Å². The number of aldehydes is 1. The third-order valence-corrected chi connectivity index (χ3v) is 5.96. The molecule has 0 fully saturated rings. The van der Waals surface area contributed by atoms with Gasteiger partial charge in [-0.25, -0.2) is 0 Å². The first-order valence-corrected chi connectivity index (χ1v) is 7.53. The van der Waals surface area contributed by atoms with E-state index in [0.717, 1.165) is 16.9 Å². The molecule has 0 saturated heterocycles. The number of hydrogen-bond donors (Lipinski definition) is 0. The Balaban J connectivity index is 2.50. The fourth-order valence-corrected chi connectivity index (χ4v) is 4.23. The molecule has 0 atom stereocenters. The summed E-state index contributed by atoms with van der Waals surface area (Å²) in [6.45, 7) is 0. The van der Waals surface area contributed by atoms with E-state index in [1.54, 1.807) is 0 Å². The van der Waals surface area contributed by atoms with Gasteiger partial charge in [-0.15, -0.1) is 0 Å². The molecule has 17 heavy (non-hydrogen) atoms. The van der Waals surface area contributed by atoms with E-state index in [0.29, 0.717) is 6.16 Å². The maximum atomic E-state index is 10.9. The molecule has 2 rings (SSSR count). The van der Waals surface area contributed by atoms with Crippen molar-refractivity contribution in [2.75, 3.05) is 6.16 Å². The van der Waals surface area contributed by atoms with Crippen molar-refractivity contribution < 1.29 is 4.79 Å². The SMILES string of the molecule is [B-][P+](CC=O)(c1ccccc1)c1ccccc1. The standard InChI is InChI=1S/C14H13BOP/c15-17(12-11-16,13-7-3-1-4-8-13)14-9-5-2-6-10-14/h1-11H,12H2. The van der Waals surface area contributed by atoms with E-state index in [9.17, 15) is 4.79 Å². The average molecular weight is 239 g/mol. The van der Waals surface area contributed by atoms with Crippen molar-refractivity contribution >= 4 is 31.6 Å². The van der Waals surface area contributed by atoms with Gasteiger partial charge < -0.3 is 0 Å². The minimum Gasteiger partial charge on any atom is -0.299 e. The van der Waals surface area contributed by atoms with Crippen LogP contribution in [0.4, 0.5) is 0 Å².